The molecule has 5 heteroatoms. The molecule has 1 heterocycles. The first-order valence-corrected chi connectivity index (χ1v) is 5.89. The van der Waals surface area contributed by atoms with E-state index < -0.39 is 0 Å². The van der Waals surface area contributed by atoms with E-state index in [9.17, 15) is 4.79 Å². The van der Waals surface area contributed by atoms with Crippen molar-refractivity contribution in [1.82, 2.24) is 14.8 Å². The van der Waals surface area contributed by atoms with Gasteiger partial charge in [-0.15, -0.1) is 11.7 Å². The highest BCUT2D eigenvalue weighted by Crippen LogP contribution is 2.12. The van der Waals surface area contributed by atoms with Crippen molar-refractivity contribution in [2.24, 2.45) is 0 Å². The minimum absolute atomic E-state index is 0.122. The Morgan fingerprint density at radius 1 is 1.42 bits per heavy atom. The first-order chi connectivity index (χ1) is 9.22. The van der Waals surface area contributed by atoms with E-state index in [1.807, 2.05) is 24.3 Å². The van der Waals surface area contributed by atoms with Crippen LogP contribution in [0.4, 0.5) is 0 Å². The Bertz CT molecular complexity index is 573. The second kappa shape index (κ2) is 5.95. The van der Waals surface area contributed by atoms with Gasteiger partial charge in [0, 0.05) is 6.42 Å². The van der Waals surface area contributed by atoms with Crippen LogP contribution in [0.1, 0.15) is 22.6 Å². The molecule has 1 aromatic carbocycles. The van der Waals surface area contributed by atoms with Crippen molar-refractivity contribution in [3.8, 4) is 5.75 Å². The monoisotopic (exact) mass is 257 g/mol. The van der Waals surface area contributed by atoms with Gasteiger partial charge in [-0.2, -0.15) is 0 Å². The molecule has 0 aliphatic carbocycles. The molecular formula is C14H15N3O2. The smallest absolute Gasteiger partial charge is 0.217 e. The van der Waals surface area contributed by atoms with E-state index in [1.54, 1.807) is 24.2 Å². The van der Waals surface area contributed by atoms with E-state index in [-0.39, 0.29) is 18.0 Å². The lowest BCUT2D eigenvalue weighted by atomic mass is 10.2. The molecule has 0 N–H and O–H groups in total. The zero-order valence-corrected chi connectivity index (χ0v) is 10.7. The lowest BCUT2D eigenvalue weighted by Gasteiger charge is -2.03. The van der Waals surface area contributed by atoms with Gasteiger partial charge in [-0.1, -0.05) is 18.2 Å². The van der Waals surface area contributed by atoms with E-state index in [0.717, 1.165) is 11.3 Å². The molecule has 0 saturated heterocycles. The fourth-order valence-corrected chi connectivity index (χ4v) is 1.64. The van der Waals surface area contributed by atoms with Crippen LogP contribution in [-0.4, -0.2) is 27.7 Å². The molecule has 2 rings (SSSR count). The number of benzene rings is 1. The molecule has 5 nitrogen and oxygen atoms in total. The predicted molar refractivity (Wildman–Crippen MR) is 71.3 cm³/mol. The van der Waals surface area contributed by atoms with E-state index in [0.29, 0.717) is 6.54 Å². The summed E-state index contributed by atoms with van der Waals surface area (Å²) >= 11 is 0. The van der Waals surface area contributed by atoms with Gasteiger partial charge in [-0.25, -0.2) is 9.67 Å². The van der Waals surface area contributed by atoms with Gasteiger partial charge in [0.15, 0.2) is 0 Å². The largest absolute Gasteiger partial charge is 0.497 e. The average Bonchev–Trinajstić information content (AvgIpc) is 2.88. The molecule has 0 unspecified atom stereocenters. The van der Waals surface area contributed by atoms with Gasteiger partial charge < -0.3 is 4.74 Å². The number of aromatic nitrogens is 3. The van der Waals surface area contributed by atoms with Crippen LogP contribution < -0.4 is 4.74 Å². The zero-order valence-electron chi connectivity index (χ0n) is 10.7. The third-order valence-corrected chi connectivity index (χ3v) is 2.62. The molecular weight excluding hydrogens is 242 g/mol. The second-order valence-electron chi connectivity index (χ2n) is 4.03. The minimum atomic E-state index is -0.122. The van der Waals surface area contributed by atoms with Crippen LogP contribution in [0.2, 0.25) is 0 Å². The van der Waals surface area contributed by atoms with Gasteiger partial charge in [0.05, 0.1) is 13.7 Å². The fraction of sp³-hybridized carbons (Fsp3) is 0.214. The van der Waals surface area contributed by atoms with Crippen molar-refractivity contribution in [1.29, 1.82) is 0 Å². The third kappa shape index (κ3) is 3.28. The van der Waals surface area contributed by atoms with Crippen LogP contribution in [0.3, 0.4) is 0 Å². The van der Waals surface area contributed by atoms with Gasteiger partial charge in [0.1, 0.15) is 12.1 Å². The van der Waals surface area contributed by atoms with Crippen LogP contribution in [0.15, 0.2) is 43.2 Å². The summed E-state index contributed by atoms with van der Waals surface area (Å²) in [6.45, 7) is 4.09. The molecule has 0 saturated carbocycles. The van der Waals surface area contributed by atoms with E-state index in [1.165, 1.54) is 0 Å². The van der Waals surface area contributed by atoms with Crippen molar-refractivity contribution in [2.45, 2.75) is 13.0 Å². The predicted octanol–water partition coefficient (Wildman–Crippen LogP) is 2.09. The quantitative estimate of drug-likeness (QED) is 0.587. The number of nitrogens with zero attached hydrogens (tertiary/aromatic N) is 3. The number of carbonyl (C=O) groups excluding carboxylic acids is 1. The average molecular weight is 257 g/mol. The Hall–Kier alpha value is -2.43. The summed E-state index contributed by atoms with van der Waals surface area (Å²) in [6, 6.07) is 7.67. The number of ketones is 1. The maximum atomic E-state index is 11.6. The maximum Gasteiger partial charge on any atom is 0.217 e. The summed E-state index contributed by atoms with van der Waals surface area (Å²) in [6.07, 6.45) is 3.36. The number of hydrogen-bond donors (Lipinski definition) is 0. The summed E-state index contributed by atoms with van der Waals surface area (Å²) in [4.78, 5) is 15.6. The first kappa shape index (κ1) is 13.0. The highest BCUT2D eigenvalue weighted by atomic mass is 16.5. The SMILES string of the molecule is C=CCC(=O)c1ncn(Cc2ccc(OC)cc2)n1. The van der Waals surface area contributed by atoms with Crippen LogP contribution in [-0.2, 0) is 6.54 Å². The Labute approximate surface area is 111 Å². The van der Waals surface area contributed by atoms with Gasteiger partial charge in [0.2, 0.25) is 11.6 Å². The molecule has 0 fully saturated rings. The Morgan fingerprint density at radius 2 is 2.16 bits per heavy atom. The third-order valence-electron chi connectivity index (χ3n) is 2.62. The van der Waals surface area contributed by atoms with Crippen molar-refractivity contribution in [3.05, 3.63) is 54.6 Å². The fourth-order valence-electron chi connectivity index (χ4n) is 1.64. The van der Waals surface area contributed by atoms with Gasteiger partial charge in [0.25, 0.3) is 0 Å². The number of rotatable bonds is 6. The summed E-state index contributed by atoms with van der Waals surface area (Å²) in [7, 11) is 1.63. The van der Waals surface area contributed by atoms with E-state index in [2.05, 4.69) is 16.7 Å². The van der Waals surface area contributed by atoms with Crippen LogP contribution >= 0.6 is 0 Å². The topological polar surface area (TPSA) is 57.0 Å². The maximum absolute atomic E-state index is 11.6. The van der Waals surface area contributed by atoms with Crippen LogP contribution in [0, 0.1) is 0 Å². The highest BCUT2D eigenvalue weighted by Gasteiger charge is 2.09. The molecule has 0 bridgehead atoms. The Morgan fingerprint density at radius 3 is 2.79 bits per heavy atom. The number of allylic oxidation sites excluding steroid dienone is 1. The standard InChI is InChI=1S/C14H15N3O2/c1-3-4-13(18)14-15-10-17(16-14)9-11-5-7-12(19-2)8-6-11/h3,5-8,10H,1,4,9H2,2H3. The number of carbonyl (C=O) groups is 1. The molecule has 19 heavy (non-hydrogen) atoms. The molecule has 0 amide bonds. The summed E-state index contributed by atoms with van der Waals surface area (Å²) in [5, 5.41) is 4.14. The lowest BCUT2D eigenvalue weighted by Crippen LogP contribution is -2.04. The molecule has 0 aliphatic heterocycles. The van der Waals surface area contributed by atoms with Gasteiger partial charge in [-0.05, 0) is 17.7 Å². The second-order valence-corrected chi connectivity index (χ2v) is 4.03. The Balaban J connectivity index is 2.06. The van der Waals surface area contributed by atoms with E-state index in [4.69, 9.17) is 4.74 Å². The summed E-state index contributed by atoms with van der Waals surface area (Å²) in [5.41, 5.74) is 1.06. The minimum Gasteiger partial charge on any atom is -0.497 e. The number of ether oxygens (including phenoxy) is 1. The van der Waals surface area contributed by atoms with Crippen molar-refractivity contribution < 1.29 is 9.53 Å². The van der Waals surface area contributed by atoms with Crippen LogP contribution in [0.25, 0.3) is 0 Å². The lowest BCUT2D eigenvalue weighted by molar-refractivity contribution is 0.0986. The number of hydrogen-bond acceptors (Lipinski definition) is 4. The molecule has 0 spiro atoms. The molecule has 2 aromatic rings. The van der Waals surface area contributed by atoms with Crippen molar-refractivity contribution in [3.63, 3.8) is 0 Å². The van der Waals surface area contributed by atoms with E-state index >= 15 is 0 Å². The molecule has 1 aromatic heterocycles. The summed E-state index contributed by atoms with van der Waals surface area (Å²) < 4.78 is 6.73. The first-order valence-electron chi connectivity index (χ1n) is 5.89. The highest BCUT2D eigenvalue weighted by molar-refractivity contribution is 5.93. The zero-order chi connectivity index (χ0) is 13.7. The molecule has 0 atom stereocenters. The van der Waals surface area contributed by atoms with Crippen molar-refractivity contribution >= 4 is 5.78 Å². The normalized spacial score (nSPS) is 10.2. The van der Waals surface area contributed by atoms with Crippen LogP contribution in [0.5, 0.6) is 5.75 Å². The number of Topliss-reactive ketones (excluding diaryl/α,β-unsaturated/α-hetero) is 1. The molecule has 0 radical (unpaired) electrons. The Kier molecular flexibility index (Phi) is 4.07. The molecule has 0 aliphatic rings. The van der Waals surface area contributed by atoms with Crippen molar-refractivity contribution in [2.75, 3.05) is 7.11 Å². The summed E-state index contributed by atoms with van der Waals surface area (Å²) in [5.74, 6) is 0.918. The molecule has 98 valence electrons. The van der Waals surface area contributed by atoms with Gasteiger partial charge in [-0.3, -0.25) is 4.79 Å². The van der Waals surface area contributed by atoms with Gasteiger partial charge >= 0.3 is 0 Å². The number of methoxy groups -OCH3 is 1.